The minimum Gasteiger partial charge on any atom is -0.478 e. The molecule has 36 heavy (non-hydrogen) atoms. The largest absolute Gasteiger partial charge is 0.478 e. The molecule has 7 N–H and O–H groups in total. The first-order valence-corrected chi connectivity index (χ1v) is 13.5. The third-order valence-electron chi connectivity index (χ3n) is 5.76. The smallest absolute Gasteiger partial charge is 0.335 e. The highest BCUT2D eigenvalue weighted by molar-refractivity contribution is 7.91. The van der Waals surface area contributed by atoms with Gasteiger partial charge in [0.1, 0.15) is 11.2 Å². The molecule has 3 aromatic rings. The molecule has 3 rings (SSSR count). The lowest BCUT2D eigenvalue weighted by molar-refractivity contribution is 0.0692. The van der Waals surface area contributed by atoms with Gasteiger partial charge in [-0.3, -0.25) is 4.79 Å². The summed E-state index contributed by atoms with van der Waals surface area (Å²) in [6, 6.07) is 7.32. The number of aryl methyl sites for hydroxylation is 1. The summed E-state index contributed by atoms with van der Waals surface area (Å²) in [7, 11) is -3.02. The van der Waals surface area contributed by atoms with E-state index in [1.807, 2.05) is 0 Å². The van der Waals surface area contributed by atoms with Crippen LogP contribution in [0.15, 0.2) is 44.4 Å². The van der Waals surface area contributed by atoms with Gasteiger partial charge in [0, 0.05) is 11.2 Å². The molecule has 1 atom stereocenters. The van der Waals surface area contributed by atoms with Crippen molar-refractivity contribution in [2.45, 2.75) is 49.5 Å². The lowest BCUT2D eigenvalue weighted by atomic mass is 10.0. The van der Waals surface area contributed by atoms with Crippen molar-refractivity contribution in [1.82, 2.24) is 0 Å². The van der Waals surface area contributed by atoms with Crippen LogP contribution in [-0.2, 0) is 16.1 Å². The van der Waals surface area contributed by atoms with E-state index in [1.165, 1.54) is 30.5 Å². The number of benzene rings is 2. The van der Waals surface area contributed by atoms with E-state index >= 15 is 0 Å². The Morgan fingerprint density at radius 1 is 1.06 bits per heavy atom. The molecule has 0 aliphatic carbocycles. The molecule has 0 saturated carbocycles. The van der Waals surface area contributed by atoms with Crippen LogP contribution in [0.25, 0.3) is 21.9 Å². The zero-order valence-corrected chi connectivity index (χ0v) is 21.3. The molecule has 11 heteroatoms. The number of carboxylic acids is 1. The fraction of sp³-hybridized carbons (Fsp3) is 0.440. The first-order valence-electron chi connectivity index (χ1n) is 11.5. The average molecular weight is 523 g/mol. The van der Waals surface area contributed by atoms with E-state index in [-0.39, 0.29) is 26.7 Å². The number of aliphatic hydroxyl groups excluding tert-OH is 3. The minimum absolute atomic E-state index is 0.00475. The van der Waals surface area contributed by atoms with E-state index in [4.69, 9.17) is 30.2 Å². The van der Waals surface area contributed by atoms with Gasteiger partial charge in [0.2, 0.25) is 5.43 Å². The molecule has 0 aliphatic rings. The number of aliphatic hydroxyl groups is 3. The predicted octanol–water partition coefficient (Wildman–Crippen LogP) is 2.46. The standard InChI is InChI=1S/C21H23NO5S.C4H11NO3/c1-3-4-5-6-7-13-10-15(28(2,22)26)12-17-19(23)16-11-14(21(24)25)8-9-18(16)27-20(13)17;5-4(1-6,2-7)3-8/h8-12,22H,3-7H2,1-2H3,(H,24,25);6-8H,1-3,5H2. The SMILES string of the molecule is CCCCCCc1cc(S(C)(=N)=O)cc2c(=O)c3cc(C(=O)O)ccc3oc12.NC(CO)(CO)CO. The van der Waals surface area contributed by atoms with E-state index in [9.17, 15) is 18.9 Å². The number of rotatable bonds is 10. The second-order valence-electron chi connectivity index (χ2n) is 8.90. The minimum atomic E-state index is -3.02. The first kappa shape index (κ1) is 29.4. The van der Waals surface area contributed by atoms with Crippen LogP contribution in [0, 0.1) is 4.78 Å². The number of hydrogen-bond acceptors (Lipinski definition) is 9. The van der Waals surface area contributed by atoms with Gasteiger partial charge >= 0.3 is 5.97 Å². The van der Waals surface area contributed by atoms with Crippen LogP contribution in [0.5, 0.6) is 0 Å². The van der Waals surface area contributed by atoms with Crippen molar-refractivity contribution < 1.29 is 33.8 Å². The summed E-state index contributed by atoms with van der Waals surface area (Å²) < 4.78 is 26.2. The van der Waals surface area contributed by atoms with Crippen LogP contribution in [0.1, 0.15) is 48.5 Å². The monoisotopic (exact) mass is 522 g/mol. The molecular formula is C25H34N2O8S. The highest BCUT2D eigenvalue weighted by atomic mass is 32.2. The fourth-order valence-electron chi connectivity index (χ4n) is 3.44. The van der Waals surface area contributed by atoms with Gasteiger partial charge in [-0.1, -0.05) is 26.2 Å². The van der Waals surface area contributed by atoms with Gasteiger partial charge in [-0.05, 0) is 48.7 Å². The Morgan fingerprint density at radius 2 is 1.69 bits per heavy atom. The Morgan fingerprint density at radius 3 is 2.19 bits per heavy atom. The van der Waals surface area contributed by atoms with Crippen LogP contribution in [0.3, 0.4) is 0 Å². The Bertz CT molecular complexity index is 1370. The van der Waals surface area contributed by atoms with E-state index in [0.717, 1.165) is 31.2 Å². The predicted molar refractivity (Wildman–Crippen MR) is 138 cm³/mol. The maximum atomic E-state index is 13.1. The Kier molecular flexibility index (Phi) is 10.1. The number of nitrogens with two attached hydrogens (primary N) is 1. The summed E-state index contributed by atoms with van der Waals surface area (Å²) in [6.45, 7) is 0.916. The number of aromatic carboxylic acids is 1. The quantitative estimate of drug-likeness (QED) is 0.171. The number of nitrogens with one attached hydrogen (secondary N) is 1. The highest BCUT2D eigenvalue weighted by Crippen LogP contribution is 2.27. The van der Waals surface area contributed by atoms with Crippen molar-refractivity contribution >= 4 is 37.6 Å². The molecule has 0 saturated heterocycles. The van der Waals surface area contributed by atoms with E-state index in [2.05, 4.69) is 6.92 Å². The van der Waals surface area contributed by atoms with Crippen LogP contribution in [-0.4, -0.2) is 62.2 Å². The Balaban J connectivity index is 0.000000493. The lowest BCUT2D eigenvalue weighted by Crippen LogP contribution is -2.50. The molecule has 0 radical (unpaired) electrons. The Hall–Kier alpha value is -2.83. The summed E-state index contributed by atoms with van der Waals surface area (Å²) in [4.78, 5) is 24.6. The van der Waals surface area contributed by atoms with Gasteiger partial charge in [-0.2, -0.15) is 0 Å². The summed E-state index contributed by atoms with van der Waals surface area (Å²) in [5.41, 5.74) is 5.05. The molecule has 1 unspecified atom stereocenters. The second kappa shape index (κ2) is 12.4. The Labute approximate surface area is 209 Å². The summed E-state index contributed by atoms with van der Waals surface area (Å²) >= 11 is 0. The molecule has 0 spiro atoms. The van der Waals surface area contributed by atoms with Crippen LogP contribution in [0.4, 0.5) is 0 Å². The van der Waals surface area contributed by atoms with Crippen molar-refractivity contribution in [3.63, 3.8) is 0 Å². The molecule has 10 nitrogen and oxygen atoms in total. The van der Waals surface area contributed by atoms with Crippen molar-refractivity contribution in [3.8, 4) is 0 Å². The topological polar surface area (TPSA) is 195 Å². The molecule has 1 aromatic heterocycles. The number of carbonyl (C=O) groups is 1. The van der Waals surface area contributed by atoms with E-state index < -0.39 is 41.1 Å². The van der Waals surface area contributed by atoms with Crippen LogP contribution in [0.2, 0.25) is 0 Å². The van der Waals surface area contributed by atoms with Crippen molar-refractivity contribution in [1.29, 1.82) is 4.78 Å². The van der Waals surface area contributed by atoms with Crippen LogP contribution >= 0.6 is 0 Å². The number of carboxylic acid groups (broad SMARTS) is 1. The van der Waals surface area contributed by atoms with Gasteiger partial charge in [-0.15, -0.1) is 0 Å². The lowest BCUT2D eigenvalue weighted by Gasteiger charge is -2.20. The van der Waals surface area contributed by atoms with Gasteiger partial charge in [0.05, 0.1) is 51.4 Å². The van der Waals surface area contributed by atoms with E-state index in [1.54, 1.807) is 6.07 Å². The number of unbranched alkanes of at least 4 members (excludes halogenated alkanes) is 3. The molecule has 0 fully saturated rings. The first-order chi connectivity index (χ1) is 16.9. The van der Waals surface area contributed by atoms with Crippen molar-refractivity contribution in [2.75, 3.05) is 26.1 Å². The zero-order chi connectivity index (χ0) is 27.1. The van der Waals surface area contributed by atoms with Crippen molar-refractivity contribution in [2.24, 2.45) is 5.73 Å². The van der Waals surface area contributed by atoms with Gasteiger partial charge in [0.15, 0.2) is 0 Å². The zero-order valence-electron chi connectivity index (χ0n) is 20.5. The summed E-state index contributed by atoms with van der Waals surface area (Å²) in [6.07, 6.45) is 6.11. The number of fused-ring (bicyclic) bond motifs is 2. The molecule has 0 aliphatic heterocycles. The number of hydrogen-bond donors (Lipinski definition) is 6. The molecule has 198 valence electrons. The summed E-state index contributed by atoms with van der Waals surface area (Å²) in [5, 5.41) is 34.6. The normalized spacial score (nSPS) is 13.3. The molecule has 0 bridgehead atoms. The molecule has 1 heterocycles. The molecular weight excluding hydrogens is 488 g/mol. The summed E-state index contributed by atoms with van der Waals surface area (Å²) in [5.74, 6) is -1.13. The highest BCUT2D eigenvalue weighted by Gasteiger charge is 2.21. The van der Waals surface area contributed by atoms with Gasteiger partial charge in [0.25, 0.3) is 0 Å². The van der Waals surface area contributed by atoms with Gasteiger partial charge < -0.3 is 30.6 Å². The van der Waals surface area contributed by atoms with Crippen LogP contribution < -0.4 is 11.2 Å². The fourth-order valence-corrected chi connectivity index (χ4v) is 4.15. The third kappa shape index (κ3) is 7.11. The average Bonchev–Trinajstić information content (AvgIpc) is 2.86. The molecule has 2 aromatic carbocycles. The van der Waals surface area contributed by atoms with Crippen molar-refractivity contribution in [3.05, 3.63) is 51.7 Å². The second-order valence-corrected chi connectivity index (χ2v) is 11.1. The van der Waals surface area contributed by atoms with E-state index in [0.29, 0.717) is 17.6 Å². The maximum absolute atomic E-state index is 13.1. The maximum Gasteiger partial charge on any atom is 0.335 e. The van der Waals surface area contributed by atoms with Gasteiger partial charge in [-0.25, -0.2) is 13.8 Å². The third-order valence-corrected chi connectivity index (χ3v) is 6.90. The molecule has 0 amide bonds.